The molecule has 0 atom stereocenters. The number of nitrogens with zero attached hydrogens (tertiary/aromatic N) is 1. The highest BCUT2D eigenvalue weighted by molar-refractivity contribution is 5.09. The Morgan fingerprint density at radius 2 is 1.71 bits per heavy atom. The van der Waals surface area contributed by atoms with Crippen LogP contribution in [0.3, 0.4) is 0 Å². The fourth-order valence-electron chi connectivity index (χ4n) is 0.923. The second-order valence-electron chi connectivity index (χ2n) is 2.30. The zero-order chi connectivity index (χ0) is 11.6. The van der Waals surface area contributed by atoms with Crippen LogP contribution in [0.25, 0.3) is 0 Å². The fraction of sp³-hybridized carbons (Fsp3) is 0.583. The van der Waals surface area contributed by atoms with Gasteiger partial charge in [-0.3, -0.25) is 4.79 Å². The van der Waals surface area contributed by atoms with E-state index < -0.39 is 0 Å². The lowest BCUT2D eigenvalue weighted by Gasteiger charge is -1.97. The molecule has 0 radical (unpaired) electrons. The van der Waals surface area contributed by atoms with Gasteiger partial charge in [0.2, 0.25) is 0 Å². The van der Waals surface area contributed by atoms with E-state index in [1.807, 2.05) is 46.8 Å². The molecule has 0 aliphatic rings. The van der Waals surface area contributed by atoms with Gasteiger partial charge in [0.25, 0.3) is 5.56 Å². The molecule has 0 unspecified atom stereocenters. The molecule has 2 heteroatoms. The molecule has 0 aliphatic carbocycles. The van der Waals surface area contributed by atoms with Crippen LogP contribution >= 0.6 is 0 Å². The average molecular weight is 197 g/mol. The molecule has 0 spiro atoms. The van der Waals surface area contributed by atoms with Crippen molar-refractivity contribution >= 4 is 0 Å². The monoisotopic (exact) mass is 197 g/mol. The van der Waals surface area contributed by atoms with Crippen molar-refractivity contribution in [3.05, 3.63) is 34.2 Å². The largest absolute Gasteiger partial charge is 0.318 e. The van der Waals surface area contributed by atoms with E-state index in [1.165, 1.54) is 0 Å². The minimum absolute atomic E-state index is 0.116. The Morgan fingerprint density at radius 1 is 1.21 bits per heavy atom. The highest BCUT2D eigenvalue weighted by atomic mass is 16.1. The van der Waals surface area contributed by atoms with Crippen LogP contribution in [0.5, 0.6) is 0 Å². The molecule has 0 saturated heterocycles. The van der Waals surface area contributed by atoms with Gasteiger partial charge in [0.1, 0.15) is 0 Å². The lowest BCUT2D eigenvalue weighted by molar-refractivity contribution is 0.835. The molecule has 0 amide bonds. The zero-order valence-electron chi connectivity index (χ0n) is 10.3. The van der Waals surface area contributed by atoms with Crippen LogP contribution in [0.2, 0.25) is 0 Å². The Hall–Kier alpha value is -1.05. The zero-order valence-corrected chi connectivity index (χ0v) is 10.3. The third-order valence-electron chi connectivity index (χ3n) is 1.58. The first-order valence-electron chi connectivity index (χ1n) is 5.40. The van der Waals surface area contributed by atoms with Crippen LogP contribution in [0, 0.1) is 0 Å². The van der Waals surface area contributed by atoms with E-state index in [1.54, 1.807) is 17.8 Å². The highest BCUT2D eigenvalue weighted by Crippen LogP contribution is 1.89. The molecule has 1 rings (SSSR count). The summed E-state index contributed by atoms with van der Waals surface area (Å²) >= 11 is 0. The second kappa shape index (κ2) is 10.0. The SMILES string of the molecule is CC.CC.CCc1cccn(C)c1=O. The first-order valence-corrected chi connectivity index (χ1v) is 5.40. The van der Waals surface area contributed by atoms with Crippen molar-refractivity contribution in [1.29, 1.82) is 0 Å². The van der Waals surface area contributed by atoms with Gasteiger partial charge in [-0.05, 0) is 12.5 Å². The Labute approximate surface area is 87.6 Å². The molecule has 14 heavy (non-hydrogen) atoms. The number of rotatable bonds is 1. The molecule has 82 valence electrons. The first-order chi connectivity index (χ1) is 6.75. The van der Waals surface area contributed by atoms with Gasteiger partial charge in [-0.25, -0.2) is 0 Å². The van der Waals surface area contributed by atoms with Gasteiger partial charge >= 0.3 is 0 Å². The maximum Gasteiger partial charge on any atom is 0.253 e. The third kappa shape index (κ3) is 4.85. The Morgan fingerprint density at radius 3 is 2.07 bits per heavy atom. The second-order valence-corrected chi connectivity index (χ2v) is 2.30. The predicted octanol–water partition coefficient (Wildman–Crippen LogP) is 3.00. The maximum absolute atomic E-state index is 11.2. The molecule has 1 aromatic heterocycles. The van der Waals surface area contributed by atoms with Gasteiger partial charge in [-0.2, -0.15) is 0 Å². The van der Waals surface area contributed by atoms with Gasteiger partial charge < -0.3 is 4.57 Å². The van der Waals surface area contributed by atoms with Crippen LogP contribution < -0.4 is 5.56 Å². The van der Waals surface area contributed by atoms with Crippen LogP contribution in [0.1, 0.15) is 40.2 Å². The molecule has 0 N–H and O–H groups in total. The van der Waals surface area contributed by atoms with Crippen molar-refractivity contribution in [2.45, 2.75) is 41.0 Å². The van der Waals surface area contributed by atoms with Crippen LogP contribution in [-0.2, 0) is 13.5 Å². The molecule has 0 bridgehead atoms. The molecule has 2 nitrogen and oxygen atoms in total. The third-order valence-corrected chi connectivity index (χ3v) is 1.58. The number of pyridine rings is 1. The molecular formula is C12H23NO. The van der Waals surface area contributed by atoms with Gasteiger partial charge in [0.05, 0.1) is 0 Å². The fourth-order valence-corrected chi connectivity index (χ4v) is 0.923. The minimum atomic E-state index is 0.116. The maximum atomic E-state index is 11.2. The van der Waals surface area contributed by atoms with E-state index in [4.69, 9.17) is 0 Å². The number of hydrogen-bond acceptors (Lipinski definition) is 1. The van der Waals surface area contributed by atoms with E-state index >= 15 is 0 Å². The van der Waals surface area contributed by atoms with Gasteiger partial charge in [0, 0.05) is 18.8 Å². The summed E-state index contributed by atoms with van der Waals surface area (Å²) in [4.78, 5) is 11.2. The number of aryl methyl sites for hydroxylation is 2. The van der Waals surface area contributed by atoms with Crippen LogP contribution in [0.4, 0.5) is 0 Å². The van der Waals surface area contributed by atoms with Crippen molar-refractivity contribution in [1.82, 2.24) is 4.57 Å². The van der Waals surface area contributed by atoms with Crippen molar-refractivity contribution in [3.63, 3.8) is 0 Å². The summed E-state index contributed by atoms with van der Waals surface area (Å²) in [5, 5.41) is 0. The Bertz CT molecular complexity index is 276. The van der Waals surface area contributed by atoms with E-state index in [2.05, 4.69) is 0 Å². The molecule has 0 fully saturated rings. The molecule has 1 heterocycles. The quantitative estimate of drug-likeness (QED) is 0.678. The van der Waals surface area contributed by atoms with E-state index in [-0.39, 0.29) is 5.56 Å². The average Bonchev–Trinajstić information content (AvgIpc) is 2.28. The standard InChI is InChI=1S/C8H11NO.2C2H6/c1-3-7-5-4-6-9(2)8(7)10;2*1-2/h4-6H,3H2,1-2H3;2*1-2H3. The van der Waals surface area contributed by atoms with Gasteiger partial charge in [-0.1, -0.05) is 40.7 Å². The normalized spacial score (nSPS) is 7.86. The van der Waals surface area contributed by atoms with Gasteiger partial charge in [0.15, 0.2) is 0 Å². The van der Waals surface area contributed by atoms with Crippen LogP contribution in [-0.4, -0.2) is 4.57 Å². The summed E-state index contributed by atoms with van der Waals surface area (Å²) in [6.45, 7) is 9.98. The van der Waals surface area contributed by atoms with Crippen molar-refractivity contribution in [2.75, 3.05) is 0 Å². The Balaban J connectivity index is 0. The summed E-state index contributed by atoms with van der Waals surface area (Å²) in [7, 11) is 1.77. The van der Waals surface area contributed by atoms with Gasteiger partial charge in [-0.15, -0.1) is 0 Å². The topological polar surface area (TPSA) is 22.0 Å². The summed E-state index contributed by atoms with van der Waals surface area (Å²) in [5.41, 5.74) is 0.995. The smallest absolute Gasteiger partial charge is 0.253 e. The van der Waals surface area contributed by atoms with Crippen LogP contribution in [0.15, 0.2) is 23.1 Å². The summed E-state index contributed by atoms with van der Waals surface area (Å²) in [6.07, 6.45) is 2.58. The van der Waals surface area contributed by atoms with E-state index in [0.717, 1.165) is 12.0 Å². The summed E-state index contributed by atoms with van der Waals surface area (Å²) in [5.74, 6) is 0. The highest BCUT2D eigenvalue weighted by Gasteiger charge is 1.94. The molecule has 0 aromatic carbocycles. The molecule has 0 saturated carbocycles. The minimum Gasteiger partial charge on any atom is -0.318 e. The molecule has 0 aliphatic heterocycles. The van der Waals surface area contributed by atoms with Crippen molar-refractivity contribution in [3.8, 4) is 0 Å². The molecular weight excluding hydrogens is 174 g/mol. The lowest BCUT2D eigenvalue weighted by atomic mass is 10.2. The van der Waals surface area contributed by atoms with Crippen molar-refractivity contribution < 1.29 is 0 Å². The first kappa shape index (κ1) is 15.4. The van der Waals surface area contributed by atoms with Crippen molar-refractivity contribution in [2.24, 2.45) is 7.05 Å². The number of aromatic nitrogens is 1. The summed E-state index contributed by atoms with van der Waals surface area (Å²) < 4.78 is 1.60. The van der Waals surface area contributed by atoms with E-state index in [0.29, 0.717) is 0 Å². The number of hydrogen-bond donors (Lipinski definition) is 0. The molecule has 1 aromatic rings. The van der Waals surface area contributed by atoms with E-state index in [9.17, 15) is 4.79 Å². The predicted molar refractivity (Wildman–Crippen MR) is 63.8 cm³/mol. The Kier molecular flexibility index (Phi) is 11.1. The summed E-state index contributed by atoms with van der Waals surface area (Å²) in [6, 6.07) is 3.75. The lowest BCUT2D eigenvalue weighted by Crippen LogP contribution is -2.19.